The van der Waals surface area contributed by atoms with Gasteiger partial charge in [0.2, 0.25) is 0 Å². The van der Waals surface area contributed by atoms with Gasteiger partial charge in [0.05, 0.1) is 5.39 Å². The van der Waals surface area contributed by atoms with E-state index in [-0.39, 0.29) is 0 Å². The maximum Gasteiger partial charge on any atom is 0.186 e. The highest BCUT2D eigenvalue weighted by Gasteiger charge is 2.07. The molecule has 0 radical (unpaired) electrons. The average Bonchev–Trinajstić information content (AvgIpc) is 2.85. The van der Waals surface area contributed by atoms with E-state index >= 15 is 0 Å². The molecule has 0 fully saturated rings. The van der Waals surface area contributed by atoms with Gasteiger partial charge < -0.3 is 5.32 Å². The monoisotopic (exact) mass is 253 g/mol. The summed E-state index contributed by atoms with van der Waals surface area (Å²) in [7, 11) is 0. The molecule has 0 saturated heterocycles. The van der Waals surface area contributed by atoms with Crippen LogP contribution in [0.5, 0.6) is 0 Å². The molecule has 0 atom stereocenters. The van der Waals surface area contributed by atoms with Crippen molar-refractivity contribution in [1.82, 2.24) is 19.7 Å². The molecule has 0 spiro atoms. The molecular weight excluding hydrogens is 238 g/mol. The number of fused-ring (bicyclic) bond motifs is 1. The van der Waals surface area contributed by atoms with Crippen LogP contribution in [0.2, 0.25) is 0 Å². The van der Waals surface area contributed by atoms with E-state index in [1.54, 1.807) is 0 Å². The van der Waals surface area contributed by atoms with Crippen molar-refractivity contribution in [2.24, 2.45) is 0 Å². The van der Waals surface area contributed by atoms with Gasteiger partial charge in [-0.1, -0.05) is 17.7 Å². The molecule has 0 aliphatic rings. The highest BCUT2D eigenvalue weighted by atomic mass is 15.3. The fourth-order valence-electron chi connectivity index (χ4n) is 1.92. The van der Waals surface area contributed by atoms with Crippen LogP contribution in [-0.2, 0) is 6.54 Å². The highest BCUT2D eigenvalue weighted by Crippen LogP contribution is 2.22. The van der Waals surface area contributed by atoms with E-state index in [4.69, 9.17) is 0 Å². The SMILES string of the molecule is CCn1cc2c(Nc3ccc(C)cc3)ncnc2n1. The van der Waals surface area contributed by atoms with Gasteiger partial charge in [-0.3, -0.25) is 4.68 Å². The second-order valence-electron chi connectivity index (χ2n) is 4.44. The van der Waals surface area contributed by atoms with Crippen molar-refractivity contribution in [3.05, 3.63) is 42.4 Å². The average molecular weight is 253 g/mol. The Balaban J connectivity index is 2.00. The Kier molecular flexibility index (Phi) is 2.87. The number of aromatic nitrogens is 4. The second-order valence-corrected chi connectivity index (χ2v) is 4.44. The molecule has 0 bridgehead atoms. The Morgan fingerprint density at radius 2 is 1.95 bits per heavy atom. The van der Waals surface area contributed by atoms with Crippen molar-refractivity contribution < 1.29 is 0 Å². The van der Waals surface area contributed by atoms with E-state index in [1.807, 2.05) is 29.9 Å². The minimum atomic E-state index is 0.714. The molecule has 3 aromatic rings. The van der Waals surface area contributed by atoms with Gasteiger partial charge in [-0.25, -0.2) is 9.97 Å². The largest absolute Gasteiger partial charge is 0.340 e. The van der Waals surface area contributed by atoms with Gasteiger partial charge in [0, 0.05) is 18.4 Å². The van der Waals surface area contributed by atoms with Crippen LogP contribution in [0.25, 0.3) is 11.0 Å². The number of anilines is 2. The van der Waals surface area contributed by atoms with Gasteiger partial charge in [0.1, 0.15) is 12.1 Å². The molecular formula is C14H15N5. The first-order valence-corrected chi connectivity index (χ1v) is 6.28. The smallest absolute Gasteiger partial charge is 0.186 e. The first-order chi connectivity index (χ1) is 9.26. The molecule has 0 unspecified atom stereocenters. The summed E-state index contributed by atoms with van der Waals surface area (Å²) in [6, 6.07) is 8.20. The number of nitrogens with one attached hydrogen (secondary N) is 1. The van der Waals surface area contributed by atoms with Crippen molar-refractivity contribution in [2.75, 3.05) is 5.32 Å². The topological polar surface area (TPSA) is 55.6 Å². The summed E-state index contributed by atoms with van der Waals surface area (Å²) >= 11 is 0. The fraction of sp³-hybridized carbons (Fsp3) is 0.214. The van der Waals surface area contributed by atoms with Gasteiger partial charge >= 0.3 is 0 Å². The Morgan fingerprint density at radius 3 is 2.68 bits per heavy atom. The standard InChI is InChI=1S/C14H15N5/c1-3-19-8-12-13(15-9-16-14(12)18-19)17-11-6-4-10(2)5-7-11/h4-9H,3H2,1-2H3,(H,15,16,17,18). The molecule has 2 aromatic heterocycles. The minimum Gasteiger partial charge on any atom is -0.340 e. The molecule has 19 heavy (non-hydrogen) atoms. The molecule has 96 valence electrons. The molecule has 1 aromatic carbocycles. The lowest BCUT2D eigenvalue weighted by Gasteiger charge is -2.05. The lowest BCUT2D eigenvalue weighted by Crippen LogP contribution is -1.94. The van der Waals surface area contributed by atoms with Gasteiger partial charge in [0.15, 0.2) is 5.65 Å². The zero-order valence-corrected chi connectivity index (χ0v) is 11.0. The Labute approximate surface area is 111 Å². The van der Waals surface area contributed by atoms with Crippen LogP contribution < -0.4 is 5.32 Å². The summed E-state index contributed by atoms with van der Waals surface area (Å²) in [5, 5.41) is 8.62. The van der Waals surface area contributed by atoms with E-state index in [0.29, 0.717) is 5.65 Å². The van der Waals surface area contributed by atoms with E-state index in [2.05, 4.69) is 39.4 Å². The molecule has 0 amide bonds. The Morgan fingerprint density at radius 1 is 1.16 bits per heavy atom. The van der Waals surface area contributed by atoms with Crippen LogP contribution in [0, 0.1) is 6.92 Å². The minimum absolute atomic E-state index is 0.714. The third kappa shape index (κ3) is 2.27. The molecule has 3 rings (SSSR count). The zero-order chi connectivity index (χ0) is 13.2. The van der Waals surface area contributed by atoms with E-state index in [9.17, 15) is 0 Å². The van der Waals surface area contributed by atoms with Gasteiger partial charge in [-0.15, -0.1) is 0 Å². The molecule has 0 saturated carbocycles. The first-order valence-electron chi connectivity index (χ1n) is 6.28. The molecule has 0 aliphatic carbocycles. The number of hydrogen-bond donors (Lipinski definition) is 1. The van der Waals surface area contributed by atoms with Crippen molar-refractivity contribution in [2.45, 2.75) is 20.4 Å². The Hall–Kier alpha value is -2.43. The number of benzene rings is 1. The van der Waals surface area contributed by atoms with Gasteiger partial charge in [-0.2, -0.15) is 5.10 Å². The van der Waals surface area contributed by atoms with Crippen LogP contribution in [0.15, 0.2) is 36.8 Å². The van der Waals surface area contributed by atoms with Crippen LogP contribution in [0.1, 0.15) is 12.5 Å². The number of rotatable bonds is 3. The summed E-state index contributed by atoms with van der Waals surface area (Å²) in [5.74, 6) is 0.786. The third-order valence-electron chi connectivity index (χ3n) is 3.00. The van der Waals surface area contributed by atoms with Crippen molar-refractivity contribution in [3.63, 3.8) is 0 Å². The van der Waals surface area contributed by atoms with Crippen molar-refractivity contribution in [3.8, 4) is 0 Å². The molecule has 1 N–H and O–H groups in total. The van der Waals surface area contributed by atoms with Crippen LogP contribution in [-0.4, -0.2) is 19.7 Å². The first kappa shape index (κ1) is 11.6. The van der Waals surface area contributed by atoms with E-state index in [1.165, 1.54) is 11.9 Å². The maximum atomic E-state index is 4.37. The molecule has 0 aliphatic heterocycles. The zero-order valence-electron chi connectivity index (χ0n) is 11.0. The summed E-state index contributed by atoms with van der Waals surface area (Å²) in [6.07, 6.45) is 3.50. The second kappa shape index (κ2) is 4.68. The van der Waals surface area contributed by atoms with Gasteiger partial charge in [0.25, 0.3) is 0 Å². The predicted molar refractivity (Wildman–Crippen MR) is 75.5 cm³/mol. The van der Waals surface area contributed by atoms with Crippen LogP contribution in [0.3, 0.4) is 0 Å². The summed E-state index contributed by atoms with van der Waals surface area (Å²) in [5.41, 5.74) is 2.96. The maximum absolute atomic E-state index is 4.37. The Bertz CT molecular complexity index is 699. The number of nitrogens with zero attached hydrogens (tertiary/aromatic N) is 4. The normalized spacial score (nSPS) is 10.8. The summed E-state index contributed by atoms with van der Waals surface area (Å²) in [4.78, 5) is 8.48. The third-order valence-corrected chi connectivity index (χ3v) is 3.00. The molecule has 5 heteroatoms. The highest BCUT2D eigenvalue weighted by molar-refractivity contribution is 5.87. The lowest BCUT2D eigenvalue weighted by molar-refractivity contribution is 0.666. The number of aryl methyl sites for hydroxylation is 2. The lowest BCUT2D eigenvalue weighted by atomic mass is 10.2. The van der Waals surface area contributed by atoms with Crippen molar-refractivity contribution in [1.29, 1.82) is 0 Å². The van der Waals surface area contributed by atoms with Crippen LogP contribution in [0.4, 0.5) is 11.5 Å². The molecule has 5 nitrogen and oxygen atoms in total. The molecule has 2 heterocycles. The van der Waals surface area contributed by atoms with Gasteiger partial charge in [-0.05, 0) is 26.0 Å². The van der Waals surface area contributed by atoms with E-state index in [0.717, 1.165) is 23.4 Å². The quantitative estimate of drug-likeness (QED) is 0.779. The fourth-order valence-corrected chi connectivity index (χ4v) is 1.92. The predicted octanol–water partition coefficient (Wildman–Crippen LogP) is 2.90. The van der Waals surface area contributed by atoms with Crippen LogP contribution >= 0.6 is 0 Å². The summed E-state index contributed by atoms with van der Waals surface area (Å²) < 4.78 is 1.86. The summed E-state index contributed by atoms with van der Waals surface area (Å²) in [6.45, 7) is 4.94. The number of hydrogen-bond acceptors (Lipinski definition) is 4. The van der Waals surface area contributed by atoms with Crippen molar-refractivity contribution >= 4 is 22.5 Å². The van der Waals surface area contributed by atoms with E-state index < -0.39 is 0 Å².